The number of fused-ring (bicyclic) bond motifs is 1. The number of amides is 1. The van der Waals surface area contributed by atoms with Crippen molar-refractivity contribution >= 4 is 23.4 Å². The Kier molecular flexibility index (Phi) is 4.76. The first-order valence-corrected chi connectivity index (χ1v) is 9.05. The van der Waals surface area contributed by atoms with Gasteiger partial charge in [0.2, 0.25) is 5.91 Å². The van der Waals surface area contributed by atoms with E-state index in [2.05, 4.69) is 10.3 Å². The van der Waals surface area contributed by atoms with Crippen molar-refractivity contribution in [3.8, 4) is 0 Å². The van der Waals surface area contributed by atoms with Crippen LogP contribution in [-0.4, -0.2) is 21.2 Å². The van der Waals surface area contributed by atoms with Crippen LogP contribution in [-0.2, 0) is 4.79 Å². The number of nitrogens with one attached hydrogen (secondary N) is 1. The molecule has 0 bridgehead atoms. The van der Waals surface area contributed by atoms with E-state index in [1.54, 1.807) is 22.4 Å². The maximum Gasteiger partial charge on any atom is 0.254 e. The molecule has 24 heavy (non-hydrogen) atoms. The molecule has 0 saturated heterocycles. The highest BCUT2D eigenvalue weighted by Crippen LogP contribution is 2.32. The molecule has 0 saturated carbocycles. The van der Waals surface area contributed by atoms with Crippen LogP contribution < -0.4 is 10.9 Å². The first kappa shape index (κ1) is 16.8. The number of rotatable bonds is 4. The molecule has 2 heterocycles. The zero-order valence-corrected chi connectivity index (χ0v) is 14.9. The number of hydrogen-bond donors (Lipinski definition) is 1. The Hall–Kier alpha value is -2.08. The maximum atomic E-state index is 12.4. The highest BCUT2D eigenvalue weighted by molar-refractivity contribution is 7.99. The van der Waals surface area contributed by atoms with Gasteiger partial charge >= 0.3 is 0 Å². The molecule has 6 heteroatoms. The van der Waals surface area contributed by atoms with Crippen LogP contribution in [0.25, 0.3) is 0 Å². The predicted molar refractivity (Wildman–Crippen MR) is 96.8 cm³/mol. The quantitative estimate of drug-likeness (QED) is 0.865. The lowest BCUT2D eigenvalue weighted by Gasteiger charge is -2.14. The number of carbonyl (C=O) groups excluding carboxylic acids is 1. The Morgan fingerprint density at radius 1 is 1.38 bits per heavy atom. The predicted octanol–water partition coefficient (Wildman–Crippen LogP) is 3.35. The maximum absolute atomic E-state index is 12.4. The summed E-state index contributed by atoms with van der Waals surface area (Å²) in [5.41, 5.74) is 2.66. The summed E-state index contributed by atoms with van der Waals surface area (Å²) in [4.78, 5) is 29.3. The van der Waals surface area contributed by atoms with Crippen molar-refractivity contribution in [3.05, 3.63) is 51.9 Å². The summed E-state index contributed by atoms with van der Waals surface area (Å²) in [5, 5.41) is 3.61. The lowest BCUT2D eigenvalue weighted by molar-refractivity contribution is -0.116. The average Bonchev–Trinajstić information content (AvgIpc) is 2.93. The van der Waals surface area contributed by atoms with E-state index in [0.29, 0.717) is 5.75 Å². The van der Waals surface area contributed by atoms with E-state index in [0.717, 1.165) is 22.1 Å². The van der Waals surface area contributed by atoms with Crippen molar-refractivity contribution < 1.29 is 4.79 Å². The molecule has 2 aromatic rings. The molecule has 0 spiro atoms. The number of aryl methyl sites for hydroxylation is 1. The van der Waals surface area contributed by atoms with Gasteiger partial charge in [0.15, 0.2) is 5.16 Å². The Balaban J connectivity index is 1.73. The van der Waals surface area contributed by atoms with Crippen LogP contribution in [0.3, 0.4) is 0 Å². The summed E-state index contributed by atoms with van der Waals surface area (Å²) in [6, 6.07) is 9.12. The Morgan fingerprint density at radius 2 is 2.08 bits per heavy atom. The minimum atomic E-state index is -0.142. The van der Waals surface area contributed by atoms with Gasteiger partial charge in [0.25, 0.3) is 5.56 Å². The minimum absolute atomic E-state index is 0.0677. The van der Waals surface area contributed by atoms with Gasteiger partial charge in [-0.25, -0.2) is 4.98 Å². The van der Waals surface area contributed by atoms with E-state index < -0.39 is 0 Å². The molecule has 1 aromatic carbocycles. The van der Waals surface area contributed by atoms with Crippen LogP contribution in [0.15, 0.2) is 40.3 Å². The zero-order valence-electron chi connectivity index (χ0n) is 14.1. The first-order valence-electron chi connectivity index (χ1n) is 8.07. The molecule has 5 nitrogen and oxygen atoms in total. The van der Waals surface area contributed by atoms with E-state index in [1.807, 2.05) is 45.0 Å². The Labute approximate surface area is 145 Å². The van der Waals surface area contributed by atoms with Gasteiger partial charge in [-0.3, -0.25) is 14.2 Å². The van der Waals surface area contributed by atoms with Crippen LogP contribution in [0.2, 0.25) is 0 Å². The highest BCUT2D eigenvalue weighted by Gasteiger charge is 2.28. The summed E-state index contributed by atoms with van der Waals surface area (Å²) in [6.45, 7) is 6.04. The summed E-state index contributed by atoms with van der Waals surface area (Å²) >= 11 is 1.54. The Morgan fingerprint density at radius 3 is 2.75 bits per heavy atom. The largest absolute Gasteiger partial charge is 0.326 e. The van der Waals surface area contributed by atoms with Crippen LogP contribution in [0.4, 0.5) is 5.69 Å². The average molecular weight is 343 g/mol. The molecule has 0 radical (unpaired) electrons. The molecule has 1 aromatic heterocycles. The molecular weight excluding hydrogens is 322 g/mol. The van der Waals surface area contributed by atoms with E-state index in [9.17, 15) is 9.59 Å². The third-order valence-corrected chi connectivity index (χ3v) is 5.16. The molecular formula is C18H21N3O2S. The van der Waals surface area contributed by atoms with Crippen LogP contribution in [0.1, 0.15) is 43.5 Å². The summed E-state index contributed by atoms with van der Waals surface area (Å²) < 4.78 is 1.66. The topological polar surface area (TPSA) is 64.0 Å². The van der Waals surface area contributed by atoms with E-state index in [1.165, 1.54) is 0 Å². The third-order valence-electron chi connectivity index (χ3n) is 4.06. The van der Waals surface area contributed by atoms with Gasteiger partial charge < -0.3 is 5.32 Å². The molecule has 1 N–H and O–H groups in total. The van der Waals surface area contributed by atoms with Gasteiger partial charge in [0.1, 0.15) is 0 Å². The van der Waals surface area contributed by atoms with Crippen molar-refractivity contribution in [2.24, 2.45) is 0 Å². The second-order valence-corrected chi connectivity index (χ2v) is 7.40. The van der Waals surface area contributed by atoms with Gasteiger partial charge in [0, 0.05) is 23.9 Å². The normalized spacial score (nSPS) is 16.2. The monoisotopic (exact) mass is 343 g/mol. The second kappa shape index (κ2) is 6.81. The molecule has 1 unspecified atom stereocenters. The smallest absolute Gasteiger partial charge is 0.254 e. The molecule has 126 valence electrons. The fourth-order valence-corrected chi connectivity index (χ4v) is 3.84. The van der Waals surface area contributed by atoms with Crippen molar-refractivity contribution in [2.45, 2.75) is 44.3 Å². The molecule has 1 amide bonds. The first-order chi connectivity index (χ1) is 11.4. The second-order valence-electron chi connectivity index (χ2n) is 6.41. The summed E-state index contributed by atoms with van der Waals surface area (Å²) in [5.74, 6) is 0.829. The van der Waals surface area contributed by atoms with Crippen molar-refractivity contribution in [3.63, 3.8) is 0 Å². The fourth-order valence-electron chi connectivity index (χ4n) is 2.68. The molecule has 0 fully saturated rings. The summed E-state index contributed by atoms with van der Waals surface area (Å²) in [6.07, 6.45) is 0.274. The van der Waals surface area contributed by atoms with Crippen LogP contribution in [0.5, 0.6) is 0 Å². The number of hydrogen-bond acceptors (Lipinski definition) is 4. The van der Waals surface area contributed by atoms with Crippen LogP contribution >= 0.6 is 11.8 Å². The van der Waals surface area contributed by atoms with Gasteiger partial charge in [0.05, 0.1) is 11.7 Å². The van der Waals surface area contributed by atoms with Crippen molar-refractivity contribution in [2.75, 3.05) is 11.1 Å². The number of benzene rings is 1. The standard InChI is InChI=1S/C18H21N3O2S/c1-11(2)15-9-17(23)21-14(10-24-18(21)20-15)8-16(22)19-13-6-4-12(3)5-7-13/h4-7,9,11,14H,8,10H2,1-3H3,(H,19,22). The number of aromatic nitrogens is 2. The van der Waals surface area contributed by atoms with Crippen LogP contribution in [0, 0.1) is 6.92 Å². The van der Waals surface area contributed by atoms with E-state index >= 15 is 0 Å². The zero-order chi connectivity index (χ0) is 17.3. The number of thioether (sulfide) groups is 1. The minimum Gasteiger partial charge on any atom is -0.326 e. The van der Waals surface area contributed by atoms with Gasteiger partial charge in [-0.05, 0) is 25.0 Å². The SMILES string of the molecule is Cc1ccc(NC(=O)CC2CSc3nc(C(C)C)cc(=O)n32)cc1. The Bertz CT molecular complexity index is 812. The van der Waals surface area contributed by atoms with Gasteiger partial charge in [-0.2, -0.15) is 0 Å². The van der Waals surface area contributed by atoms with E-state index in [-0.39, 0.29) is 29.8 Å². The third kappa shape index (κ3) is 3.53. The number of nitrogens with zero attached hydrogens (tertiary/aromatic N) is 2. The highest BCUT2D eigenvalue weighted by atomic mass is 32.2. The van der Waals surface area contributed by atoms with Gasteiger partial charge in [-0.1, -0.05) is 43.3 Å². The van der Waals surface area contributed by atoms with Crippen molar-refractivity contribution in [1.82, 2.24) is 9.55 Å². The number of carbonyl (C=O) groups is 1. The number of anilines is 1. The van der Waals surface area contributed by atoms with Crippen molar-refractivity contribution in [1.29, 1.82) is 0 Å². The molecule has 1 atom stereocenters. The molecule has 1 aliphatic heterocycles. The summed E-state index contributed by atoms with van der Waals surface area (Å²) in [7, 11) is 0. The van der Waals surface area contributed by atoms with Gasteiger partial charge in [-0.15, -0.1) is 0 Å². The molecule has 1 aliphatic rings. The van der Waals surface area contributed by atoms with E-state index in [4.69, 9.17) is 0 Å². The lowest BCUT2D eigenvalue weighted by atomic mass is 10.1. The fraction of sp³-hybridized carbons (Fsp3) is 0.389. The molecule has 3 rings (SSSR count). The molecule has 0 aliphatic carbocycles. The lowest BCUT2D eigenvalue weighted by Crippen LogP contribution is -2.28.